The van der Waals surface area contributed by atoms with E-state index in [2.05, 4.69) is 35.4 Å². The third-order valence-corrected chi connectivity index (χ3v) is 6.94. The van der Waals surface area contributed by atoms with E-state index in [1.54, 1.807) is 0 Å². The second kappa shape index (κ2) is 6.61. The fourth-order valence-electron chi connectivity index (χ4n) is 3.54. The number of benzene rings is 1. The Morgan fingerprint density at radius 2 is 1.96 bits per heavy atom. The molecule has 24 heavy (non-hydrogen) atoms. The summed E-state index contributed by atoms with van der Waals surface area (Å²) in [5.41, 5.74) is 2.20. The van der Waals surface area contributed by atoms with E-state index >= 15 is 0 Å². The lowest BCUT2D eigenvalue weighted by atomic mass is 10.1. The highest BCUT2D eigenvalue weighted by Crippen LogP contribution is 2.22. The molecule has 1 aromatic heterocycles. The number of sulfone groups is 1. The van der Waals surface area contributed by atoms with Gasteiger partial charge < -0.3 is 9.13 Å². The highest BCUT2D eigenvalue weighted by Gasteiger charge is 2.32. The van der Waals surface area contributed by atoms with Crippen molar-refractivity contribution in [3.05, 3.63) is 29.0 Å². The molecule has 0 spiro atoms. The lowest BCUT2D eigenvalue weighted by Crippen LogP contribution is -2.40. The number of fused-ring (bicyclic) bond motifs is 1. The largest absolute Gasteiger partial charge is 0.320 e. The van der Waals surface area contributed by atoms with Crippen molar-refractivity contribution in [3.63, 3.8) is 0 Å². The van der Waals surface area contributed by atoms with Crippen LogP contribution in [0.4, 0.5) is 0 Å². The predicted molar refractivity (Wildman–Crippen MR) is 100 cm³/mol. The number of aromatic nitrogens is 2. The highest BCUT2D eigenvalue weighted by molar-refractivity contribution is 7.91. The number of hydrogen-bond acceptors (Lipinski definition) is 4. The zero-order chi connectivity index (χ0) is 17.5. The van der Waals surface area contributed by atoms with E-state index in [0.717, 1.165) is 22.3 Å². The molecule has 3 rings (SSSR count). The van der Waals surface area contributed by atoms with Crippen molar-refractivity contribution in [1.82, 2.24) is 14.0 Å². The van der Waals surface area contributed by atoms with E-state index in [1.165, 1.54) is 0 Å². The van der Waals surface area contributed by atoms with Crippen LogP contribution in [0.3, 0.4) is 0 Å². The Morgan fingerprint density at radius 1 is 1.29 bits per heavy atom. The quantitative estimate of drug-likeness (QED) is 0.763. The van der Waals surface area contributed by atoms with E-state index in [1.807, 2.05) is 23.7 Å². The molecule has 7 heteroatoms. The molecule has 0 unspecified atom stereocenters. The molecule has 1 atom stereocenters. The van der Waals surface area contributed by atoms with Crippen molar-refractivity contribution in [1.29, 1.82) is 0 Å². The molecule has 5 nitrogen and oxygen atoms in total. The molecule has 1 aliphatic heterocycles. The van der Waals surface area contributed by atoms with Crippen LogP contribution in [0, 0.1) is 10.7 Å². The molecule has 1 saturated heterocycles. The third-order valence-electron chi connectivity index (χ3n) is 4.70. The fraction of sp³-hybridized carbons (Fsp3) is 0.588. The number of para-hydroxylation sites is 2. The molecule has 0 amide bonds. The third kappa shape index (κ3) is 3.43. The van der Waals surface area contributed by atoms with Gasteiger partial charge in [0, 0.05) is 19.6 Å². The van der Waals surface area contributed by atoms with Gasteiger partial charge in [-0.15, -0.1) is 0 Å². The summed E-state index contributed by atoms with van der Waals surface area (Å²) in [7, 11) is -0.918. The SMILES string of the molecule is CC(C)CN(Cn1c(=S)n(C)c2ccccc21)[C@@H]1CCS(=O)(=O)C1. The summed E-state index contributed by atoms with van der Waals surface area (Å²) >= 11 is 5.63. The van der Waals surface area contributed by atoms with Crippen molar-refractivity contribution in [3.8, 4) is 0 Å². The topological polar surface area (TPSA) is 47.2 Å². The molecule has 0 bridgehead atoms. The molecule has 1 aromatic carbocycles. The first-order valence-corrected chi connectivity index (χ1v) is 10.6. The molecule has 132 valence electrons. The summed E-state index contributed by atoms with van der Waals surface area (Å²) in [4.78, 5) is 2.29. The van der Waals surface area contributed by atoms with Gasteiger partial charge in [0.25, 0.3) is 0 Å². The van der Waals surface area contributed by atoms with Gasteiger partial charge in [-0.3, -0.25) is 4.90 Å². The Bertz CT molecular complexity index is 896. The number of imidazole rings is 1. The van der Waals surface area contributed by atoms with E-state index in [9.17, 15) is 8.42 Å². The van der Waals surface area contributed by atoms with Crippen LogP contribution in [0.1, 0.15) is 20.3 Å². The van der Waals surface area contributed by atoms with Crippen LogP contribution in [-0.4, -0.2) is 46.5 Å². The van der Waals surface area contributed by atoms with Crippen LogP contribution in [0.5, 0.6) is 0 Å². The van der Waals surface area contributed by atoms with Crippen molar-refractivity contribution in [2.24, 2.45) is 13.0 Å². The van der Waals surface area contributed by atoms with Gasteiger partial charge >= 0.3 is 0 Å². The average Bonchev–Trinajstić information content (AvgIpc) is 2.99. The molecular formula is C17H25N3O2S2. The second-order valence-electron chi connectivity index (χ2n) is 7.12. The molecule has 0 radical (unpaired) electrons. The lowest BCUT2D eigenvalue weighted by molar-refractivity contribution is 0.147. The van der Waals surface area contributed by atoms with Crippen molar-refractivity contribution in [2.45, 2.75) is 33.0 Å². The first-order chi connectivity index (χ1) is 11.3. The Kier molecular flexibility index (Phi) is 4.86. The van der Waals surface area contributed by atoms with E-state index in [-0.39, 0.29) is 11.8 Å². The normalized spacial score (nSPS) is 20.5. The zero-order valence-electron chi connectivity index (χ0n) is 14.5. The molecule has 0 saturated carbocycles. The van der Waals surface area contributed by atoms with Crippen molar-refractivity contribution in [2.75, 3.05) is 18.1 Å². The summed E-state index contributed by atoms with van der Waals surface area (Å²) in [6.07, 6.45) is 0.715. The van der Waals surface area contributed by atoms with Crippen LogP contribution in [0.15, 0.2) is 24.3 Å². The minimum Gasteiger partial charge on any atom is -0.320 e. The van der Waals surface area contributed by atoms with Crippen molar-refractivity contribution >= 4 is 33.1 Å². The molecule has 2 heterocycles. The molecule has 1 aliphatic rings. The molecular weight excluding hydrogens is 342 g/mol. The van der Waals surface area contributed by atoms with Crippen LogP contribution in [-0.2, 0) is 23.6 Å². The minimum atomic E-state index is -2.90. The van der Waals surface area contributed by atoms with E-state index < -0.39 is 9.84 Å². The Morgan fingerprint density at radius 3 is 2.54 bits per heavy atom. The van der Waals surface area contributed by atoms with Gasteiger partial charge in [0.1, 0.15) is 0 Å². The van der Waals surface area contributed by atoms with Crippen molar-refractivity contribution < 1.29 is 8.42 Å². The Balaban J connectivity index is 1.96. The van der Waals surface area contributed by atoms with Crippen LogP contribution in [0.2, 0.25) is 0 Å². The van der Waals surface area contributed by atoms with Gasteiger partial charge in [0.15, 0.2) is 14.6 Å². The first kappa shape index (κ1) is 17.6. The minimum absolute atomic E-state index is 0.0817. The summed E-state index contributed by atoms with van der Waals surface area (Å²) in [5.74, 6) is 1.03. The van der Waals surface area contributed by atoms with Gasteiger partial charge in [-0.2, -0.15) is 0 Å². The summed E-state index contributed by atoms with van der Waals surface area (Å²) in [6, 6.07) is 8.24. The highest BCUT2D eigenvalue weighted by atomic mass is 32.2. The molecule has 2 aromatic rings. The maximum Gasteiger partial charge on any atom is 0.181 e. The van der Waals surface area contributed by atoms with Crippen LogP contribution in [0.25, 0.3) is 11.0 Å². The summed E-state index contributed by atoms with van der Waals surface area (Å²) in [5, 5.41) is 0. The van der Waals surface area contributed by atoms with Crippen LogP contribution < -0.4 is 0 Å². The van der Waals surface area contributed by atoms with E-state index in [0.29, 0.717) is 24.8 Å². The van der Waals surface area contributed by atoms with E-state index in [4.69, 9.17) is 12.2 Å². The summed E-state index contributed by atoms with van der Waals surface area (Å²) < 4.78 is 28.7. The standard InChI is InChI=1S/C17H25N3O2S2/c1-13(2)10-19(14-8-9-24(21,22)11-14)12-20-16-7-5-4-6-15(16)18(3)17(20)23/h4-7,13-14H,8-12H2,1-3H3/t14-/m1/s1. The first-order valence-electron chi connectivity index (χ1n) is 8.37. The maximum atomic E-state index is 11.9. The number of nitrogens with zero attached hydrogens (tertiary/aromatic N) is 3. The number of aryl methyl sites for hydroxylation is 1. The van der Waals surface area contributed by atoms with Gasteiger partial charge in [-0.1, -0.05) is 26.0 Å². The molecule has 0 aliphatic carbocycles. The monoisotopic (exact) mass is 367 g/mol. The van der Waals surface area contributed by atoms with Gasteiger partial charge in [0.05, 0.1) is 29.2 Å². The lowest BCUT2D eigenvalue weighted by Gasteiger charge is -2.30. The van der Waals surface area contributed by atoms with Gasteiger partial charge in [-0.25, -0.2) is 8.42 Å². The fourth-order valence-corrected chi connectivity index (χ4v) is 5.55. The van der Waals surface area contributed by atoms with Gasteiger partial charge in [-0.05, 0) is 36.7 Å². The summed E-state index contributed by atoms with van der Waals surface area (Å²) in [6.45, 7) is 5.83. The van der Waals surface area contributed by atoms with Gasteiger partial charge in [0.2, 0.25) is 0 Å². The molecule has 0 N–H and O–H groups in total. The smallest absolute Gasteiger partial charge is 0.181 e. The number of hydrogen-bond donors (Lipinski definition) is 0. The number of rotatable bonds is 5. The average molecular weight is 368 g/mol. The Labute approximate surface area is 148 Å². The maximum absolute atomic E-state index is 11.9. The van der Waals surface area contributed by atoms with Crippen LogP contribution >= 0.6 is 12.2 Å². The molecule has 1 fully saturated rings. The zero-order valence-corrected chi connectivity index (χ0v) is 16.1. The second-order valence-corrected chi connectivity index (χ2v) is 9.72. The Hall–Kier alpha value is -1.18. The predicted octanol–water partition coefficient (Wildman–Crippen LogP) is 2.81.